The highest BCUT2D eigenvalue weighted by Crippen LogP contribution is 2.50. The SMILES string of the molecule is CCCCOP(=O)(Oc1ccccc1C)Oc1ccccc1C. The van der Waals surface area contributed by atoms with Crippen LogP contribution in [0.1, 0.15) is 30.9 Å². The summed E-state index contributed by atoms with van der Waals surface area (Å²) in [6.07, 6.45) is 1.73. The summed E-state index contributed by atoms with van der Waals surface area (Å²) in [5.74, 6) is 1.00. The fourth-order valence-electron chi connectivity index (χ4n) is 1.95. The molecule has 0 radical (unpaired) electrons. The predicted molar refractivity (Wildman–Crippen MR) is 92.1 cm³/mol. The van der Waals surface area contributed by atoms with Crippen molar-refractivity contribution in [2.75, 3.05) is 6.61 Å². The van der Waals surface area contributed by atoms with E-state index in [9.17, 15) is 4.57 Å². The molecule has 4 nitrogen and oxygen atoms in total. The first-order valence-electron chi connectivity index (χ1n) is 7.79. The number of phosphoric acid groups is 1. The molecular weight excluding hydrogens is 311 g/mol. The Kier molecular flexibility index (Phi) is 6.26. The molecule has 0 unspecified atom stereocenters. The lowest BCUT2D eigenvalue weighted by atomic mass is 10.2. The molecule has 5 heteroatoms. The molecular formula is C18H23O4P. The summed E-state index contributed by atoms with van der Waals surface area (Å²) < 4.78 is 29.9. The summed E-state index contributed by atoms with van der Waals surface area (Å²) in [6.45, 7) is 6.14. The third kappa shape index (κ3) is 5.12. The number of unbranched alkanes of at least 4 members (excludes halogenated alkanes) is 1. The monoisotopic (exact) mass is 334 g/mol. The number of hydrogen-bond donors (Lipinski definition) is 0. The third-order valence-electron chi connectivity index (χ3n) is 3.35. The second-order valence-electron chi connectivity index (χ2n) is 5.35. The topological polar surface area (TPSA) is 44.8 Å². The number of aryl methyl sites for hydroxylation is 2. The van der Waals surface area contributed by atoms with E-state index in [-0.39, 0.29) is 0 Å². The van der Waals surface area contributed by atoms with E-state index in [2.05, 4.69) is 0 Å². The quantitative estimate of drug-likeness (QED) is 0.460. The van der Waals surface area contributed by atoms with Gasteiger partial charge in [0.2, 0.25) is 0 Å². The van der Waals surface area contributed by atoms with E-state index in [1.165, 1.54) is 0 Å². The summed E-state index contributed by atoms with van der Waals surface area (Å²) in [5.41, 5.74) is 1.75. The summed E-state index contributed by atoms with van der Waals surface area (Å²) >= 11 is 0. The van der Waals surface area contributed by atoms with E-state index >= 15 is 0 Å². The van der Waals surface area contributed by atoms with Crippen molar-refractivity contribution in [3.8, 4) is 11.5 Å². The van der Waals surface area contributed by atoms with Crippen molar-refractivity contribution in [3.05, 3.63) is 59.7 Å². The van der Waals surface area contributed by atoms with Gasteiger partial charge in [-0.1, -0.05) is 49.7 Å². The van der Waals surface area contributed by atoms with Gasteiger partial charge < -0.3 is 9.05 Å². The molecule has 124 valence electrons. The maximum Gasteiger partial charge on any atom is 0.587 e. The largest absolute Gasteiger partial charge is 0.587 e. The summed E-state index contributed by atoms with van der Waals surface area (Å²) in [5, 5.41) is 0. The van der Waals surface area contributed by atoms with Crippen molar-refractivity contribution < 1.29 is 18.1 Å². The number of phosphoric ester groups is 1. The molecule has 0 amide bonds. The average Bonchev–Trinajstić information content (AvgIpc) is 2.52. The van der Waals surface area contributed by atoms with Gasteiger partial charge in [-0.05, 0) is 43.5 Å². The lowest BCUT2D eigenvalue weighted by Gasteiger charge is -2.20. The fourth-order valence-corrected chi connectivity index (χ4v) is 3.34. The average molecular weight is 334 g/mol. The highest BCUT2D eigenvalue weighted by Gasteiger charge is 2.31. The zero-order chi connectivity index (χ0) is 16.7. The van der Waals surface area contributed by atoms with Gasteiger partial charge in [-0.2, -0.15) is 0 Å². The van der Waals surface area contributed by atoms with Crippen LogP contribution in [-0.2, 0) is 9.09 Å². The van der Waals surface area contributed by atoms with E-state index in [1.54, 1.807) is 12.1 Å². The van der Waals surface area contributed by atoms with Crippen LogP contribution in [0.15, 0.2) is 48.5 Å². The molecule has 2 rings (SSSR count). The Balaban J connectivity index is 2.23. The highest BCUT2D eigenvalue weighted by atomic mass is 31.2. The predicted octanol–water partition coefficient (Wildman–Crippen LogP) is 5.69. The van der Waals surface area contributed by atoms with E-state index in [0.717, 1.165) is 24.0 Å². The smallest absolute Gasteiger partial charge is 0.395 e. The maximum absolute atomic E-state index is 13.1. The molecule has 0 aliphatic rings. The van der Waals surface area contributed by atoms with Crippen LogP contribution >= 0.6 is 7.82 Å². The Labute approximate surface area is 138 Å². The Morgan fingerprint density at radius 1 is 0.870 bits per heavy atom. The lowest BCUT2D eigenvalue weighted by molar-refractivity contribution is 0.206. The molecule has 0 heterocycles. The number of rotatable bonds is 8. The van der Waals surface area contributed by atoms with Crippen LogP contribution in [0, 0.1) is 13.8 Å². The molecule has 0 spiro atoms. The van der Waals surface area contributed by atoms with Gasteiger partial charge in [0.05, 0.1) is 6.61 Å². The Morgan fingerprint density at radius 3 is 1.78 bits per heavy atom. The van der Waals surface area contributed by atoms with Crippen LogP contribution < -0.4 is 9.05 Å². The molecule has 2 aromatic carbocycles. The van der Waals surface area contributed by atoms with Crippen molar-refractivity contribution in [3.63, 3.8) is 0 Å². The van der Waals surface area contributed by atoms with Crippen molar-refractivity contribution in [1.29, 1.82) is 0 Å². The minimum absolute atomic E-state index is 0.325. The first kappa shape index (κ1) is 17.6. The minimum atomic E-state index is -3.75. The molecule has 0 fully saturated rings. The molecule has 0 saturated heterocycles. The van der Waals surface area contributed by atoms with E-state index in [4.69, 9.17) is 13.6 Å². The second kappa shape index (κ2) is 8.19. The van der Waals surface area contributed by atoms with Gasteiger partial charge in [-0.3, -0.25) is 4.52 Å². The number of para-hydroxylation sites is 2. The van der Waals surface area contributed by atoms with Crippen LogP contribution in [-0.4, -0.2) is 6.61 Å². The van der Waals surface area contributed by atoms with Gasteiger partial charge in [0.25, 0.3) is 0 Å². The van der Waals surface area contributed by atoms with Gasteiger partial charge in [0.15, 0.2) is 0 Å². The van der Waals surface area contributed by atoms with Crippen LogP contribution in [0.3, 0.4) is 0 Å². The van der Waals surface area contributed by atoms with Gasteiger partial charge >= 0.3 is 7.82 Å². The summed E-state index contributed by atoms with van der Waals surface area (Å²) in [4.78, 5) is 0. The molecule has 23 heavy (non-hydrogen) atoms. The van der Waals surface area contributed by atoms with Gasteiger partial charge in [0, 0.05) is 0 Å². The molecule has 0 aliphatic carbocycles. The van der Waals surface area contributed by atoms with Crippen LogP contribution in [0.4, 0.5) is 0 Å². The van der Waals surface area contributed by atoms with Crippen LogP contribution in [0.2, 0.25) is 0 Å². The van der Waals surface area contributed by atoms with Crippen molar-refractivity contribution in [2.24, 2.45) is 0 Å². The first-order chi connectivity index (χ1) is 11.0. The molecule has 0 bridgehead atoms. The molecule has 0 saturated carbocycles. The first-order valence-corrected chi connectivity index (χ1v) is 9.25. The molecule has 2 aromatic rings. The molecule has 0 aliphatic heterocycles. The van der Waals surface area contributed by atoms with Crippen molar-refractivity contribution in [1.82, 2.24) is 0 Å². The number of benzene rings is 2. The second-order valence-corrected chi connectivity index (χ2v) is 6.87. The Hall–Kier alpha value is -1.77. The van der Waals surface area contributed by atoms with Gasteiger partial charge in [0.1, 0.15) is 11.5 Å². The fraction of sp³-hybridized carbons (Fsp3) is 0.333. The van der Waals surface area contributed by atoms with E-state index in [1.807, 2.05) is 57.2 Å². The van der Waals surface area contributed by atoms with Crippen LogP contribution in [0.25, 0.3) is 0 Å². The molecule has 0 aromatic heterocycles. The molecule has 0 atom stereocenters. The zero-order valence-electron chi connectivity index (χ0n) is 13.8. The van der Waals surface area contributed by atoms with E-state index in [0.29, 0.717) is 18.1 Å². The van der Waals surface area contributed by atoms with E-state index < -0.39 is 7.82 Å². The van der Waals surface area contributed by atoms with Crippen molar-refractivity contribution >= 4 is 7.82 Å². The lowest BCUT2D eigenvalue weighted by Crippen LogP contribution is -2.07. The Morgan fingerprint density at radius 2 is 1.35 bits per heavy atom. The third-order valence-corrected chi connectivity index (χ3v) is 4.69. The van der Waals surface area contributed by atoms with Crippen molar-refractivity contribution in [2.45, 2.75) is 33.6 Å². The number of hydrogen-bond acceptors (Lipinski definition) is 4. The van der Waals surface area contributed by atoms with Crippen LogP contribution in [0.5, 0.6) is 11.5 Å². The Bertz CT molecular complexity index is 633. The normalized spacial score (nSPS) is 11.3. The summed E-state index contributed by atoms with van der Waals surface area (Å²) in [6, 6.07) is 14.7. The highest BCUT2D eigenvalue weighted by molar-refractivity contribution is 7.49. The van der Waals surface area contributed by atoms with Gasteiger partial charge in [-0.25, -0.2) is 4.57 Å². The van der Waals surface area contributed by atoms with Gasteiger partial charge in [-0.15, -0.1) is 0 Å². The standard InChI is InChI=1S/C18H23O4P/c1-4-5-14-20-23(19,21-17-12-8-6-10-15(17)2)22-18-13-9-7-11-16(18)3/h6-13H,4-5,14H2,1-3H3. The summed E-state index contributed by atoms with van der Waals surface area (Å²) in [7, 11) is -3.75. The maximum atomic E-state index is 13.1. The zero-order valence-corrected chi connectivity index (χ0v) is 14.7. The molecule has 0 N–H and O–H groups in total. The minimum Gasteiger partial charge on any atom is -0.395 e.